The van der Waals surface area contributed by atoms with Crippen LogP contribution >= 0.6 is 24.0 Å². The van der Waals surface area contributed by atoms with Crippen LogP contribution in [0.1, 0.15) is 59.8 Å². The van der Waals surface area contributed by atoms with E-state index in [2.05, 4.69) is 50.3 Å². The summed E-state index contributed by atoms with van der Waals surface area (Å²) in [6.07, 6.45) is 6.39. The van der Waals surface area contributed by atoms with Gasteiger partial charge in [0.25, 0.3) is 0 Å². The summed E-state index contributed by atoms with van der Waals surface area (Å²) >= 11 is 0. The first-order chi connectivity index (χ1) is 10.5. The molecule has 0 aromatic carbocycles. The molecule has 0 radical (unpaired) electrons. The minimum absolute atomic E-state index is 0. The maximum absolute atomic E-state index is 4.82. The minimum atomic E-state index is 0. The Labute approximate surface area is 161 Å². The van der Waals surface area contributed by atoms with E-state index in [4.69, 9.17) is 4.99 Å². The van der Waals surface area contributed by atoms with Crippen molar-refractivity contribution >= 4 is 29.9 Å². The summed E-state index contributed by atoms with van der Waals surface area (Å²) in [4.78, 5) is 7.24. The average molecular weight is 438 g/mol. The van der Waals surface area contributed by atoms with Crippen LogP contribution in [0.2, 0.25) is 0 Å². The molecule has 1 rings (SSSR count). The molecular weight excluding hydrogens is 399 g/mol. The van der Waals surface area contributed by atoms with Gasteiger partial charge in [0.05, 0.1) is 0 Å². The normalized spacial score (nSPS) is 18.6. The van der Waals surface area contributed by atoms with E-state index in [1.807, 2.05) is 0 Å². The number of rotatable bonds is 8. The minimum Gasteiger partial charge on any atom is -0.357 e. The second-order valence-electron chi connectivity index (χ2n) is 7.34. The molecular formula is C18H39IN4. The van der Waals surface area contributed by atoms with Gasteiger partial charge in [-0.3, -0.25) is 4.99 Å². The van der Waals surface area contributed by atoms with Gasteiger partial charge in [0.1, 0.15) is 0 Å². The first-order valence-corrected chi connectivity index (χ1v) is 9.24. The maximum Gasteiger partial charge on any atom is 0.191 e. The van der Waals surface area contributed by atoms with E-state index >= 15 is 0 Å². The summed E-state index contributed by atoms with van der Waals surface area (Å²) in [5.74, 6) is 2.56. The van der Waals surface area contributed by atoms with Crippen molar-refractivity contribution in [1.29, 1.82) is 0 Å². The zero-order valence-electron chi connectivity index (χ0n) is 15.9. The third-order valence-electron chi connectivity index (χ3n) is 4.49. The molecule has 1 saturated heterocycles. The predicted molar refractivity (Wildman–Crippen MR) is 113 cm³/mol. The lowest BCUT2D eigenvalue weighted by Crippen LogP contribution is -2.42. The van der Waals surface area contributed by atoms with Gasteiger partial charge in [0.15, 0.2) is 5.96 Å². The van der Waals surface area contributed by atoms with Gasteiger partial charge in [-0.15, -0.1) is 24.0 Å². The molecule has 0 amide bonds. The molecule has 0 aromatic rings. The Hall–Kier alpha value is -0.0400. The second-order valence-corrected chi connectivity index (χ2v) is 7.34. The Morgan fingerprint density at radius 3 is 2.39 bits per heavy atom. The number of halogens is 1. The van der Waals surface area contributed by atoms with Gasteiger partial charge in [-0.1, -0.05) is 26.7 Å². The lowest BCUT2D eigenvalue weighted by Gasteiger charge is -2.28. The number of aliphatic imine (C=N–C) groups is 1. The van der Waals surface area contributed by atoms with Crippen LogP contribution in [0.5, 0.6) is 0 Å². The van der Waals surface area contributed by atoms with Crippen LogP contribution in [0.25, 0.3) is 0 Å². The summed E-state index contributed by atoms with van der Waals surface area (Å²) in [5, 5.41) is 6.96. The van der Waals surface area contributed by atoms with Gasteiger partial charge in [-0.2, -0.15) is 0 Å². The van der Waals surface area contributed by atoms with Crippen LogP contribution in [-0.4, -0.2) is 50.1 Å². The quantitative estimate of drug-likeness (QED) is 0.345. The van der Waals surface area contributed by atoms with Crippen LogP contribution in [0, 0.1) is 11.8 Å². The predicted octanol–water partition coefficient (Wildman–Crippen LogP) is 3.72. The molecule has 0 aliphatic carbocycles. The van der Waals surface area contributed by atoms with Gasteiger partial charge in [-0.05, 0) is 65.1 Å². The Morgan fingerprint density at radius 1 is 1.17 bits per heavy atom. The number of nitrogens with zero attached hydrogens (tertiary/aromatic N) is 2. The Balaban J connectivity index is 0.00000484. The van der Waals surface area contributed by atoms with Gasteiger partial charge < -0.3 is 15.5 Å². The highest BCUT2D eigenvalue weighted by Gasteiger charge is 2.16. The lowest BCUT2D eigenvalue weighted by atomic mass is 9.97. The molecule has 1 unspecified atom stereocenters. The molecule has 0 spiro atoms. The van der Waals surface area contributed by atoms with E-state index in [-0.39, 0.29) is 24.0 Å². The van der Waals surface area contributed by atoms with Crippen LogP contribution < -0.4 is 10.6 Å². The fourth-order valence-corrected chi connectivity index (χ4v) is 2.92. The molecule has 23 heavy (non-hydrogen) atoms. The number of hydrogen-bond acceptors (Lipinski definition) is 2. The Bertz CT molecular complexity index is 312. The first-order valence-electron chi connectivity index (χ1n) is 9.24. The highest BCUT2D eigenvalue weighted by Crippen LogP contribution is 2.16. The number of hydrogen-bond donors (Lipinski definition) is 2. The fraction of sp³-hybridized carbons (Fsp3) is 0.944. The van der Waals surface area contributed by atoms with E-state index in [9.17, 15) is 0 Å². The summed E-state index contributed by atoms with van der Waals surface area (Å²) in [5.41, 5.74) is 0. The molecule has 1 heterocycles. The zero-order chi connectivity index (χ0) is 16.4. The standard InChI is InChI=1S/C18H38N4.HI/c1-6-19-18(21-16(4)9-7-8-15(2)3)20-14-17-10-12-22(5)13-11-17;/h15-17H,6-14H2,1-5H3,(H2,19,20,21);1H. The maximum atomic E-state index is 4.82. The SMILES string of the molecule is CCNC(=NCC1CCN(C)CC1)NC(C)CCCC(C)C.I. The van der Waals surface area contributed by atoms with Crippen molar-refractivity contribution in [1.82, 2.24) is 15.5 Å². The molecule has 5 heteroatoms. The molecule has 1 aliphatic rings. The third-order valence-corrected chi connectivity index (χ3v) is 4.49. The topological polar surface area (TPSA) is 39.7 Å². The highest BCUT2D eigenvalue weighted by molar-refractivity contribution is 14.0. The van der Waals surface area contributed by atoms with Gasteiger partial charge >= 0.3 is 0 Å². The third kappa shape index (κ3) is 11.2. The molecule has 2 N–H and O–H groups in total. The summed E-state index contributed by atoms with van der Waals surface area (Å²) < 4.78 is 0. The van der Waals surface area contributed by atoms with Crippen molar-refractivity contribution in [3.63, 3.8) is 0 Å². The lowest BCUT2D eigenvalue weighted by molar-refractivity contribution is 0.223. The summed E-state index contributed by atoms with van der Waals surface area (Å²) in [7, 11) is 2.21. The molecule has 138 valence electrons. The summed E-state index contributed by atoms with van der Waals surface area (Å²) in [6, 6.07) is 0.494. The number of likely N-dealkylation sites (tertiary alicyclic amines) is 1. The molecule has 4 nitrogen and oxygen atoms in total. The molecule has 0 bridgehead atoms. The molecule has 1 atom stereocenters. The average Bonchev–Trinajstić information content (AvgIpc) is 2.46. The van der Waals surface area contributed by atoms with Crippen LogP contribution in [0.3, 0.4) is 0 Å². The van der Waals surface area contributed by atoms with Gasteiger partial charge in [-0.25, -0.2) is 0 Å². The fourth-order valence-electron chi connectivity index (χ4n) is 2.92. The number of piperidine rings is 1. The van der Waals surface area contributed by atoms with Crippen LogP contribution in [0.4, 0.5) is 0 Å². The van der Waals surface area contributed by atoms with Gasteiger partial charge in [0.2, 0.25) is 0 Å². The number of guanidine groups is 1. The van der Waals surface area contributed by atoms with E-state index in [1.54, 1.807) is 0 Å². The van der Waals surface area contributed by atoms with Crippen LogP contribution in [-0.2, 0) is 0 Å². The smallest absolute Gasteiger partial charge is 0.191 e. The van der Waals surface area contributed by atoms with E-state index < -0.39 is 0 Å². The monoisotopic (exact) mass is 438 g/mol. The van der Waals surface area contributed by atoms with Crippen molar-refractivity contribution in [2.24, 2.45) is 16.8 Å². The largest absolute Gasteiger partial charge is 0.357 e. The van der Waals surface area contributed by atoms with Crippen molar-refractivity contribution in [2.75, 3.05) is 33.2 Å². The van der Waals surface area contributed by atoms with Crippen molar-refractivity contribution in [2.45, 2.75) is 65.8 Å². The molecule has 0 saturated carbocycles. The van der Waals surface area contributed by atoms with E-state index in [0.29, 0.717) is 6.04 Å². The van der Waals surface area contributed by atoms with E-state index in [0.717, 1.165) is 30.9 Å². The summed E-state index contributed by atoms with van der Waals surface area (Å²) in [6.45, 7) is 13.3. The zero-order valence-corrected chi connectivity index (χ0v) is 18.2. The van der Waals surface area contributed by atoms with Crippen molar-refractivity contribution in [3.8, 4) is 0 Å². The Kier molecular flexibility index (Phi) is 13.3. The van der Waals surface area contributed by atoms with Crippen molar-refractivity contribution < 1.29 is 0 Å². The van der Waals surface area contributed by atoms with Crippen molar-refractivity contribution in [3.05, 3.63) is 0 Å². The highest BCUT2D eigenvalue weighted by atomic mass is 127. The van der Waals surface area contributed by atoms with Gasteiger partial charge in [0, 0.05) is 19.1 Å². The van der Waals surface area contributed by atoms with Crippen LogP contribution in [0.15, 0.2) is 4.99 Å². The molecule has 1 fully saturated rings. The Morgan fingerprint density at radius 2 is 1.83 bits per heavy atom. The second kappa shape index (κ2) is 13.3. The first kappa shape index (κ1) is 23.0. The number of nitrogens with one attached hydrogen (secondary N) is 2. The molecule has 0 aromatic heterocycles. The van der Waals surface area contributed by atoms with E-state index in [1.165, 1.54) is 45.2 Å². The molecule has 1 aliphatic heterocycles.